The first kappa shape index (κ1) is 34.3. The highest BCUT2D eigenvalue weighted by atomic mass is 16.6. The van der Waals surface area contributed by atoms with Crippen molar-refractivity contribution in [1.82, 2.24) is 10.6 Å². The van der Waals surface area contributed by atoms with Gasteiger partial charge in [-0.2, -0.15) is 0 Å². The minimum atomic E-state index is -0.779. The molecule has 9 atom stereocenters. The summed E-state index contributed by atoms with van der Waals surface area (Å²) in [6.45, 7) is 9.62. The minimum Gasteiger partial charge on any atom is -0.459 e. The maximum Gasteiger partial charge on any atom is 0.303 e. The average molecular weight is 617 g/mol. The van der Waals surface area contributed by atoms with Gasteiger partial charge in [-0.25, -0.2) is 0 Å². The third-order valence-corrected chi connectivity index (χ3v) is 9.31. The topological polar surface area (TPSA) is 136 Å². The first-order valence-electron chi connectivity index (χ1n) is 16.4. The molecule has 0 aromatic carbocycles. The number of aliphatic hydroxyl groups is 1. The fraction of sp³-hybridized carbons (Fsp3) is 0.735. The van der Waals surface area contributed by atoms with Crippen LogP contribution in [0.3, 0.4) is 0 Å². The van der Waals surface area contributed by atoms with Crippen molar-refractivity contribution in [3.8, 4) is 0 Å². The fourth-order valence-electron chi connectivity index (χ4n) is 6.63. The molecule has 1 spiro atoms. The molecular weight excluding hydrogens is 564 g/mol. The van der Waals surface area contributed by atoms with E-state index in [2.05, 4.69) is 23.6 Å². The molecule has 3 saturated heterocycles. The summed E-state index contributed by atoms with van der Waals surface area (Å²) in [5.41, 5.74) is 0.402. The standard InChI is InChI=1S/C34H52N2O8/c1-21(11-14-29-22(2)17-28(24(4)43-29)36-31(38)16-13-23(3)42-25(5)37)12-15-30-33(40)34(20-41-34)19-27(44-30)18-32(39)35-26-9-7-6-8-10-26/h11-13,15-16,22-24,26-30,33,40H,6-10,14,17-20H2,1-5H3,(H,35,39)(H,36,38)/b15-12+,16-13-,21-11+/t22-,23-,24+,27+,28+,29-,30+,33+,34+/m0/s1. The van der Waals surface area contributed by atoms with Crippen LogP contribution in [0.25, 0.3) is 0 Å². The monoisotopic (exact) mass is 616 g/mol. The molecule has 4 aliphatic rings. The van der Waals surface area contributed by atoms with Crippen LogP contribution in [0.2, 0.25) is 0 Å². The number of ether oxygens (including phenoxy) is 4. The molecule has 0 aromatic rings. The van der Waals surface area contributed by atoms with Crippen LogP contribution in [0.4, 0.5) is 0 Å². The average Bonchev–Trinajstić information content (AvgIpc) is 3.74. The number of rotatable bonds is 11. The zero-order chi connectivity index (χ0) is 31.9. The molecule has 0 bridgehead atoms. The fourth-order valence-corrected chi connectivity index (χ4v) is 6.63. The predicted octanol–water partition coefficient (Wildman–Crippen LogP) is 3.81. The van der Waals surface area contributed by atoms with E-state index in [1.807, 2.05) is 26.0 Å². The first-order chi connectivity index (χ1) is 20.9. The highest BCUT2D eigenvalue weighted by Gasteiger charge is 2.58. The Bertz CT molecular complexity index is 1090. The Morgan fingerprint density at radius 3 is 2.48 bits per heavy atom. The smallest absolute Gasteiger partial charge is 0.303 e. The van der Waals surface area contributed by atoms with Gasteiger partial charge in [-0.3, -0.25) is 14.4 Å². The summed E-state index contributed by atoms with van der Waals surface area (Å²) in [5, 5.41) is 17.2. The van der Waals surface area contributed by atoms with Crippen molar-refractivity contribution in [3.05, 3.63) is 36.0 Å². The third-order valence-electron chi connectivity index (χ3n) is 9.31. The Balaban J connectivity index is 1.25. The van der Waals surface area contributed by atoms with Crippen LogP contribution in [0, 0.1) is 5.92 Å². The SMILES string of the molecule is CC(=O)O[C@@H](C)/C=C\C(=O)N[C@@H]1C[C@H](C)[C@H](C/C=C(C)/C=C/[C@H]2O[C@H](CC(=O)NC3CCCCC3)C[C@@]3(CO3)[C@@H]2O)O[C@@H]1C. The molecule has 1 aliphatic carbocycles. The molecule has 10 heteroatoms. The van der Waals surface area contributed by atoms with Crippen molar-refractivity contribution >= 4 is 17.8 Å². The summed E-state index contributed by atoms with van der Waals surface area (Å²) < 4.78 is 23.2. The zero-order valence-electron chi connectivity index (χ0n) is 27.0. The van der Waals surface area contributed by atoms with Crippen molar-refractivity contribution in [3.63, 3.8) is 0 Å². The number of carbonyl (C=O) groups is 3. The van der Waals surface area contributed by atoms with E-state index in [4.69, 9.17) is 18.9 Å². The molecular formula is C34H52N2O8. The van der Waals surface area contributed by atoms with Crippen molar-refractivity contribution in [1.29, 1.82) is 0 Å². The van der Waals surface area contributed by atoms with Crippen LogP contribution in [0.15, 0.2) is 36.0 Å². The lowest BCUT2D eigenvalue weighted by atomic mass is 9.87. The van der Waals surface area contributed by atoms with Crippen LogP contribution in [0.5, 0.6) is 0 Å². The number of amides is 2. The van der Waals surface area contributed by atoms with Crippen LogP contribution in [0.1, 0.15) is 92.4 Å². The Labute approximate surface area is 262 Å². The number of hydrogen-bond acceptors (Lipinski definition) is 8. The zero-order valence-corrected chi connectivity index (χ0v) is 27.0. The minimum absolute atomic E-state index is 0.00717. The molecule has 0 aromatic heterocycles. The van der Waals surface area contributed by atoms with Gasteiger partial charge in [0.1, 0.15) is 23.9 Å². The van der Waals surface area contributed by atoms with Crippen molar-refractivity contribution < 1.29 is 38.4 Å². The summed E-state index contributed by atoms with van der Waals surface area (Å²) in [7, 11) is 0. The predicted molar refractivity (Wildman–Crippen MR) is 166 cm³/mol. The molecule has 1 saturated carbocycles. The van der Waals surface area contributed by atoms with Gasteiger partial charge in [-0.05, 0) is 58.4 Å². The van der Waals surface area contributed by atoms with Crippen molar-refractivity contribution in [2.45, 2.75) is 147 Å². The quantitative estimate of drug-likeness (QED) is 0.138. The molecule has 2 amide bonds. The van der Waals surface area contributed by atoms with Gasteiger partial charge in [-0.1, -0.05) is 50.0 Å². The number of allylic oxidation sites excluding steroid dienone is 2. The van der Waals surface area contributed by atoms with E-state index >= 15 is 0 Å². The Morgan fingerprint density at radius 2 is 1.80 bits per heavy atom. The highest BCUT2D eigenvalue weighted by molar-refractivity contribution is 5.87. The van der Waals surface area contributed by atoms with E-state index in [1.165, 1.54) is 19.4 Å². The van der Waals surface area contributed by atoms with E-state index in [0.29, 0.717) is 19.4 Å². The van der Waals surface area contributed by atoms with Gasteiger partial charge in [0.2, 0.25) is 11.8 Å². The lowest BCUT2D eigenvalue weighted by molar-refractivity contribution is -0.146. The van der Waals surface area contributed by atoms with Gasteiger partial charge in [0.25, 0.3) is 0 Å². The molecule has 3 aliphatic heterocycles. The Kier molecular flexibility index (Phi) is 12.2. The van der Waals surface area contributed by atoms with E-state index in [-0.39, 0.29) is 54.5 Å². The second-order valence-corrected chi connectivity index (χ2v) is 13.3. The van der Waals surface area contributed by atoms with Crippen molar-refractivity contribution in [2.24, 2.45) is 5.92 Å². The number of epoxide rings is 1. The van der Waals surface area contributed by atoms with Crippen LogP contribution in [-0.4, -0.2) is 83.8 Å². The molecule has 246 valence electrons. The maximum atomic E-state index is 12.7. The number of nitrogens with one attached hydrogen (secondary N) is 2. The molecule has 3 N–H and O–H groups in total. The summed E-state index contributed by atoms with van der Waals surface area (Å²) in [5.74, 6) is -0.397. The number of esters is 1. The summed E-state index contributed by atoms with van der Waals surface area (Å²) in [6.07, 6.45) is 14.6. The Morgan fingerprint density at radius 1 is 1.07 bits per heavy atom. The van der Waals surface area contributed by atoms with E-state index in [9.17, 15) is 19.5 Å². The lowest BCUT2D eigenvalue weighted by Gasteiger charge is -2.39. The van der Waals surface area contributed by atoms with Crippen LogP contribution >= 0.6 is 0 Å². The highest BCUT2D eigenvalue weighted by Crippen LogP contribution is 2.43. The molecule has 10 nitrogen and oxygen atoms in total. The van der Waals surface area contributed by atoms with Gasteiger partial charge in [-0.15, -0.1) is 0 Å². The first-order valence-corrected chi connectivity index (χ1v) is 16.4. The molecule has 44 heavy (non-hydrogen) atoms. The number of carbonyl (C=O) groups excluding carboxylic acids is 3. The number of aliphatic hydroxyl groups excluding tert-OH is 1. The lowest BCUT2D eigenvalue weighted by Crippen LogP contribution is -2.51. The largest absolute Gasteiger partial charge is 0.459 e. The summed E-state index contributed by atoms with van der Waals surface area (Å²) >= 11 is 0. The number of hydrogen-bond donors (Lipinski definition) is 3. The molecule has 4 fully saturated rings. The van der Waals surface area contributed by atoms with E-state index in [0.717, 1.165) is 37.7 Å². The van der Waals surface area contributed by atoms with E-state index < -0.39 is 29.9 Å². The maximum absolute atomic E-state index is 12.7. The molecule has 0 radical (unpaired) electrons. The normalized spacial score (nSPS) is 35.5. The Hall–Kier alpha value is -2.53. The van der Waals surface area contributed by atoms with Crippen LogP contribution < -0.4 is 10.6 Å². The third kappa shape index (κ3) is 9.99. The molecule has 3 heterocycles. The summed E-state index contributed by atoms with van der Waals surface area (Å²) in [4.78, 5) is 36.2. The summed E-state index contributed by atoms with van der Waals surface area (Å²) in [6, 6.07) is 0.140. The van der Waals surface area contributed by atoms with Crippen LogP contribution in [-0.2, 0) is 33.3 Å². The van der Waals surface area contributed by atoms with Gasteiger partial charge in [0.05, 0.1) is 37.4 Å². The van der Waals surface area contributed by atoms with Gasteiger partial charge >= 0.3 is 5.97 Å². The molecule has 4 rings (SSSR count). The second kappa shape index (κ2) is 15.7. The van der Waals surface area contributed by atoms with E-state index in [1.54, 1.807) is 13.0 Å². The van der Waals surface area contributed by atoms with Gasteiger partial charge in [0, 0.05) is 25.5 Å². The van der Waals surface area contributed by atoms with Gasteiger partial charge < -0.3 is 34.7 Å². The molecule has 0 unspecified atom stereocenters. The van der Waals surface area contributed by atoms with Gasteiger partial charge in [0.15, 0.2) is 0 Å². The second-order valence-electron chi connectivity index (χ2n) is 13.3. The van der Waals surface area contributed by atoms with Crippen molar-refractivity contribution in [2.75, 3.05) is 6.61 Å².